The molecule has 0 aliphatic carbocycles. The van der Waals surface area contributed by atoms with Gasteiger partial charge < -0.3 is 15.4 Å². The van der Waals surface area contributed by atoms with E-state index in [1.54, 1.807) is 36.4 Å². The first kappa shape index (κ1) is 21.0. The maximum Gasteiger partial charge on any atom is 0.259 e. The lowest BCUT2D eigenvalue weighted by Gasteiger charge is -2.16. The van der Waals surface area contributed by atoms with Gasteiger partial charge in [-0.15, -0.1) is 0 Å². The van der Waals surface area contributed by atoms with Crippen molar-refractivity contribution in [2.75, 3.05) is 11.9 Å². The molecule has 0 saturated carbocycles. The van der Waals surface area contributed by atoms with E-state index in [0.29, 0.717) is 35.1 Å². The van der Waals surface area contributed by atoms with Crippen molar-refractivity contribution in [1.82, 2.24) is 5.32 Å². The third-order valence-electron chi connectivity index (χ3n) is 3.60. The van der Waals surface area contributed by atoms with Crippen LogP contribution in [-0.4, -0.2) is 24.5 Å². The van der Waals surface area contributed by atoms with E-state index in [1.165, 1.54) is 0 Å². The van der Waals surface area contributed by atoms with E-state index in [-0.39, 0.29) is 17.9 Å². The van der Waals surface area contributed by atoms with Crippen LogP contribution in [0.1, 0.15) is 48.4 Å². The molecule has 2 amide bonds. The quantitative estimate of drug-likeness (QED) is 0.655. The summed E-state index contributed by atoms with van der Waals surface area (Å²) in [5.41, 5.74) is 1.28. The van der Waals surface area contributed by atoms with Gasteiger partial charge in [-0.2, -0.15) is 0 Å². The van der Waals surface area contributed by atoms with Gasteiger partial charge in [0.15, 0.2) is 0 Å². The van der Waals surface area contributed by atoms with Crippen LogP contribution >= 0.6 is 15.9 Å². The van der Waals surface area contributed by atoms with E-state index in [0.717, 1.165) is 4.47 Å². The third-order valence-corrected chi connectivity index (χ3v) is 4.09. The largest absolute Gasteiger partial charge is 0.492 e. The maximum atomic E-state index is 12.9. The fraction of sp³-hybridized carbons (Fsp3) is 0.333. The average molecular weight is 433 g/mol. The first-order valence-corrected chi connectivity index (χ1v) is 9.70. The van der Waals surface area contributed by atoms with Crippen molar-refractivity contribution in [1.29, 1.82) is 0 Å². The molecule has 2 N–H and O–H groups in total. The summed E-state index contributed by atoms with van der Waals surface area (Å²) in [4.78, 5) is 25.3. The van der Waals surface area contributed by atoms with Gasteiger partial charge in [-0.3, -0.25) is 9.59 Å². The number of nitrogens with one attached hydrogen (secondary N) is 2. The lowest BCUT2D eigenvalue weighted by atomic mass is 10.1. The topological polar surface area (TPSA) is 67.4 Å². The van der Waals surface area contributed by atoms with Crippen molar-refractivity contribution in [3.63, 3.8) is 0 Å². The molecule has 2 aromatic carbocycles. The highest BCUT2D eigenvalue weighted by Gasteiger charge is 2.18. The van der Waals surface area contributed by atoms with Gasteiger partial charge >= 0.3 is 0 Å². The molecular formula is C21H25BrN2O3. The standard InChI is InChI=1S/C21H25BrN2O3/c1-13(2)12-27-19-10-9-15(22)11-17(19)21(26)24-18-8-6-5-7-16(18)20(25)23-14(3)4/h5-11,13-14H,12H2,1-4H3,(H,23,25)(H,24,26). The second-order valence-electron chi connectivity index (χ2n) is 6.97. The van der Waals surface area contributed by atoms with Crippen LogP contribution in [0.4, 0.5) is 5.69 Å². The molecule has 6 heteroatoms. The van der Waals surface area contributed by atoms with Crippen LogP contribution in [0.2, 0.25) is 0 Å². The Balaban J connectivity index is 2.28. The molecule has 0 saturated heterocycles. The Kier molecular flexibility index (Phi) is 7.42. The Morgan fingerprint density at radius 1 is 1.00 bits per heavy atom. The number of carbonyl (C=O) groups excluding carboxylic acids is 2. The number of benzene rings is 2. The average Bonchev–Trinajstić information content (AvgIpc) is 2.60. The van der Waals surface area contributed by atoms with Crippen LogP contribution in [0.3, 0.4) is 0 Å². The van der Waals surface area contributed by atoms with Crippen molar-refractivity contribution in [3.05, 3.63) is 58.1 Å². The molecule has 27 heavy (non-hydrogen) atoms. The fourth-order valence-corrected chi connectivity index (χ4v) is 2.74. The Hall–Kier alpha value is -2.34. The summed E-state index contributed by atoms with van der Waals surface area (Å²) in [6, 6.07) is 12.2. The minimum Gasteiger partial charge on any atom is -0.492 e. The summed E-state index contributed by atoms with van der Waals surface area (Å²) in [5.74, 6) is 0.282. The highest BCUT2D eigenvalue weighted by Crippen LogP contribution is 2.26. The number of halogens is 1. The number of anilines is 1. The monoisotopic (exact) mass is 432 g/mol. The third kappa shape index (κ3) is 6.10. The molecule has 0 heterocycles. The summed E-state index contributed by atoms with van der Waals surface area (Å²) >= 11 is 3.40. The molecule has 0 spiro atoms. The molecule has 0 bridgehead atoms. The van der Waals surface area contributed by atoms with Crippen LogP contribution in [0.15, 0.2) is 46.9 Å². The number of rotatable bonds is 7. The van der Waals surface area contributed by atoms with E-state index in [9.17, 15) is 9.59 Å². The predicted octanol–water partition coefficient (Wildman–Crippen LogP) is 4.87. The van der Waals surface area contributed by atoms with Gasteiger partial charge in [0.05, 0.1) is 23.4 Å². The number of hydrogen-bond donors (Lipinski definition) is 2. The van der Waals surface area contributed by atoms with E-state index >= 15 is 0 Å². The van der Waals surface area contributed by atoms with E-state index in [4.69, 9.17) is 4.74 Å². The number of hydrogen-bond acceptors (Lipinski definition) is 3. The maximum absolute atomic E-state index is 12.9. The summed E-state index contributed by atoms with van der Waals surface area (Å²) in [6.45, 7) is 8.37. The molecule has 0 unspecified atom stereocenters. The Labute approximate surface area is 168 Å². The molecule has 0 aliphatic rings. The second-order valence-corrected chi connectivity index (χ2v) is 7.89. The zero-order valence-electron chi connectivity index (χ0n) is 16.0. The molecule has 2 aromatic rings. The van der Waals surface area contributed by atoms with Gasteiger partial charge in [-0.1, -0.05) is 41.9 Å². The predicted molar refractivity (Wildman–Crippen MR) is 111 cm³/mol. The van der Waals surface area contributed by atoms with Crippen molar-refractivity contribution in [2.24, 2.45) is 5.92 Å². The summed E-state index contributed by atoms with van der Waals surface area (Å²) in [5, 5.41) is 5.68. The molecule has 0 atom stereocenters. The Morgan fingerprint density at radius 2 is 1.70 bits per heavy atom. The highest BCUT2D eigenvalue weighted by atomic mass is 79.9. The van der Waals surface area contributed by atoms with E-state index in [2.05, 4.69) is 26.6 Å². The van der Waals surface area contributed by atoms with Crippen LogP contribution in [0, 0.1) is 5.92 Å². The van der Waals surface area contributed by atoms with Crippen molar-refractivity contribution >= 4 is 33.4 Å². The van der Waals surface area contributed by atoms with Crippen LogP contribution in [0.5, 0.6) is 5.75 Å². The molecule has 0 aliphatic heterocycles. The first-order valence-electron chi connectivity index (χ1n) is 8.91. The van der Waals surface area contributed by atoms with Crippen molar-refractivity contribution in [2.45, 2.75) is 33.7 Å². The molecule has 144 valence electrons. The highest BCUT2D eigenvalue weighted by molar-refractivity contribution is 9.10. The number of para-hydroxylation sites is 1. The molecule has 0 radical (unpaired) electrons. The first-order chi connectivity index (χ1) is 12.8. The lowest BCUT2D eigenvalue weighted by molar-refractivity contribution is 0.0944. The number of amides is 2. The molecule has 0 aromatic heterocycles. The fourth-order valence-electron chi connectivity index (χ4n) is 2.38. The molecule has 5 nitrogen and oxygen atoms in total. The van der Waals surface area contributed by atoms with Gasteiger partial charge in [0.25, 0.3) is 11.8 Å². The van der Waals surface area contributed by atoms with Gasteiger partial charge in [-0.25, -0.2) is 0 Å². The minimum absolute atomic E-state index is 0.00220. The summed E-state index contributed by atoms with van der Waals surface area (Å²) in [7, 11) is 0. The van der Waals surface area contributed by atoms with Crippen LogP contribution < -0.4 is 15.4 Å². The Bertz CT molecular complexity index is 819. The number of carbonyl (C=O) groups is 2. The summed E-state index contributed by atoms with van der Waals surface area (Å²) in [6.07, 6.45) is 0. The van der Waals surface area contributed by atoms with Crippen molar-refractivity contribution in [3.8, 4) is 5.75 Å². The SMILES string of the molecule is CC(C)COc1ccc(Br)cc1C(=O)Nc1ccccc1C(=O)NC(C)C. The second kappa shape index (κ2) is 9.55. The molecule has 2 rings (SSSR count). The number of ether oxygens (including phenoxy) is 1. The lowest BCUT2D eigenvalue weighted by Crippen LogP contribution is -2.31. The van der Waals surface area contributed by atoms with Crippen LogP contribution in [-0.2, 0) is 0 Å². The van der Waals surface area contributed by atoms with Crippen LogP contribution in [0.25, 0.3) is 0 Å². The zero-order chi connectivity index (χ0) is 20.0. The van der Waals surface area contributed by atoms with Gasteiger partial charge in [0, 0.05) is 10.5 Å². The zero-order valence-corrected chi connectivity index (χ0v) is 17.6. The minimum atomic E-state index is -0.333. The Morgan fingerprint density at radius 3 is 2.37 bits per heavy atom. The summed E-state index contributed by atoms with van der Waals surface area (Å²) < 4.78 is 6.56. The van der Waals surface area contributed by atoms with Crippen molar-refractivity contribution < 1.29 is 14.3 Å². The molecule has 0 fully saturated rings. The van der Waals surface area contributed by atoms with E-state index < -0.39 is 0 Å². The van der Waals surface area contributed by atoms with Gasteiger partial charge in [0.2, 0.25) is 0 Å². The smallest absolute Gasteiger partial charge is 0.259 e. The molecular weight excluding hydrogens is 408 g/mol. The normalized spacial score (nSPS) is 10.8. The van der Waals surface area contributed by atoms with Gasteiger partial charge in [0.1, 0.15) is 5.75 Å². The van der Waals surface area contributed by atoms with E-state index in [1.807, 2.05) is 33.8 Å². The van der Waals surface area contributed by atoms with Gasteiger partial charge in [-0.05, 0) is 50.1 Å².